The average Bonchev–Trinajstić information content (AvgIpc) is 3.23. The Hall–Kier alpha value is 1.51. The fourth-order valence-electron chi connectivity index (χ4n) is 6.49. The molecule has 1 aliphatic heterocycles. The summed E-state index contributed by atoms with van der Waals surface area (Å²) in [4.78, 5) is 0. The molecule has 1 fully saturated rings. The molecule has 59 heavy (non-hydrogen) atoms. The minimum absolute atomic E-state index is 0.201. The lowest BCUT2D eigenvalue weighted by Gasteiger charge is -2.46. The maximum Gasteiger partial charge on any atom is 0.185 e. The van der Waals surface area contributed by atoms with Crippen molar-refractivity contribution in [2.45, 2.75) is 232 Å². The second-order valence-corrected chi connectivity index (χ2v) is 65.5. The minimum atomic E-state index is -2.23. The predicted octanol–water partition coefficient (Wildman–Crippen LogP) is 11.0. The SMILES string of the molecule is C[Si](C)(C)OCC(O[Si](C)(C)C)C(O[Si](C)(C)C)C(O[Si](C)(C)C)C(COC1OC(C(CO[Si](C)(C)C)O[Si](C)(C)C)C(O[Si](C)(C)C)C1O[Si](C)(C)C)O[Si](C)(C)C. The van der Waals surface area contributed by atoms with Crippen molar-refractivity contribution in [3.8, 4) is 0 Å². The van der Waals surface area contributed by atoms with E-state index < -0.39 is 118 Å². The van der Waals surface area contributed by atoms with Crippen molar-refractivity contribution in [2.75, 3.05) is 19.8 Å². The highest BCUT2D eigenvalue weighted by Gasteiger charge is 2.54. The zero-order valence-electron chi connectivity index (χ0n) is 43.3. The lowest BCUT2D eigenvalue weighted by atomic mass is 10.0. The Labute approximate surface area is 373 Å². The van der Waals surface area contributed by atoms with Crippen LogP contribution in [0.1, 0.15) is 0 Å². The fraction of sp³-hybridized carbons (Fsp3) is 1.00. The van der Waals surface area contributed by atoms with Gasteiger partial charge in [0.05, 0.1) is 50.3 Å². The van der Waals surface area contributed by atoms with Gasteiger partial charge in [-0.2, -0.15) is 0 Å². The first-order valence-corrected chi connectivity index (χ1v) is 52.8. The van der Waals surface area contributed by atoms with Crippen LogP contribution in [-0.4, -0.2) is 150 Å². The number of hydrogen-bond acceptors (Lipinski definition) is 11. The predicted molar refractivity (Wildman–Crippen MR) is 271 cm³/mol. The largest absolute Gasteiger partial charge is 0.415 e. The van der Waals surface area contributed by atoms with Crippen LogP contribution in [0.2, 0.25) is 177 Å². The van der Waals surface area contributed by atoms with Crippen molar-refractivity contribution >= 4 is 74.9 Å². The summed E-state index contributed by atoms with van der Waals surface area (Å²) in [7, 11) is -18.9. The van der Waals surface area contributed by atoms with Gasteiger partial charge in [-0.15, -0.1) is 0 Å². The molecule has 1 rings (SSSR count). The van der Waals surface area contributed by atoms with E-state index in [1.807, 2.05) is 0 Å². The summed E-state index contributed by atoms with van der Waals surface area (Å²) >= 11 is 0. The summed E-state index contributed by atoms with van der Waals surface area (Å²) in [6, 6.07) is 0. The van der Waals surface area contributed by atoms with E-state index in [2.05, 4.69) is 177 Å². The molecular formula is C39H96O11Si9. The van der Waals surface area contributed by atoms with Crippen molar-refractivity contribution < 1.29 is 49.3 Å². The number of hydrogen-bond donors (Lipinski definition) is 0. The van der Waals surface area contributed by atoms with Gasteiger partial charge in [-0.1, -0.05) is 0 Å². The van der Waals surface area contributed by atoms with Crippen LogP contribution in [0.3, 0.4) is 0 Å². The molecule has 0 aromatic rings. The third-order valence-electron chi connectivity index (χ3n) is 7.89. The molecule has 0 saturated carbocycles. The van der Waals surface area contributed by atoms with Crippen LogP contribution in [0.15, 0.2) is 0 Å². The van der Waals surface area contributed by atoms with E-state index in [-0.39, 0.29) is 18.8 Å². The molecule has 9 atom stereocenters. The van der Waals surface area contributed by atoms with Crippen molar-refractivity contribution in [1.29, 1.82) is 0 Å². The summed E-state index contributed by atoms with van der Waals surface area (Å²) in [6.07, 6.45) is -4.25. The molecule has 0 aliphatic carbocycles. The number of rotatable bonds is 27. The molecule has 354 valence electrons. The topological polar surface area (TPSA) is 102 Å². The van der Waals surface area contributed by atoms with Crippen LogP contribution in [0.5, 0.6) is 0 Å². The molecule has 0 amide bonds. The Balaban J connectivity index is 4.06. The van der Waals surface area contributed by atoms with Crippen LogP contribution in [0.4, 0.5) is 0 Å². The van der Waals surface area contributed by atoms with Crippen molar-refractivity contribution in [2.24, 2.45) is 0 Å². The van der Waals surface area contributed by atoms with Gasteiger partial charge in [0.15, 0.2) is 81.1 Å². The monoisotopic (exact) mass is 992 g/mol. The number of ether oxygens (including phenoxy) is 2. The zero-order valence-corrected chi connectivity index (χ0v) is 52.3. The lowest BCUT2D eigenvalue weighted by Crippen LogP contribution is -2.60. The molecule has 0 bridgehead atoms. The molecular weight excluding hydrogens is 897 g/mol. The van der Waals surface area contributed by atoms with E-state index in [0.29, 0.717) is 13.2 Å². The highest BCUT2D eigenvalue weighted by molar-refractivity contribution is 6.72. The quantitative estimate of drug-likeness (QED) is 0.0735. The molecule has 0 aromatic carbocycles. The van der Waals surface area contributed by atoms with Crippen LogP contribution in [-0.2, 0) is 49.3 Å². The Morgan fingerprint density at radius 2 is 0.695 bits per heavy atom. The second-order valence-electron chi connectivity index (χ2n) is 25.2. The maximum absolute atomic E-state index is 7.30. The molecule has 0 N–H and O–H groups in total. The van der Waals surface area contributed by atoms with E-state index in [1.165, 1.54) is 0 Å². The lowest BCUT2D eigenvalue weighted by molar-refractivity contribution is -0.196. The smallest absolute Gasteiger partial charge is 0.185 e. The third kappa shape index (κ3) is 26.9. The van der Waals surface area contributed by atoms with Crippen LogP contribution in [0, 0.1) is 0 Å². The van der Waals surface area contributed by atoms with E-state index in [1.54, 1.807) is 0 Å². The summed E-state index contributed by atoms with van der Waals surface area (Å²) in [5, 5.41) is 0. The van der Waals surface area contributed by atoms with Crippen LogP contribution >= 0.6 is 0 Å². The van der Waals surface area contributed by atoms with E-state index in [9.17, 15) is 0 Å². The molecule has 1 heterocycles. The summed E-state index contributed by atoms with van der Waals surface area (Å²) in [5.74, 6) is 0. The molecule has 0 spiro atoms. The van der Waals surface area contributed by atoms with E-state index in [4.69, 9.17) is 49.3 Å². The molecule has 9 unspecified atom stereocenters. The Kier molecular flexibility index (Phi) is 21.7. The van der Waals surface area contributed by atoms with Gasteiger partial charge in [-0.05, 0) is 177 Å². The highest BCUT2D eigenvalue weighted by atomic mass is 28.4. The molecule has 11 nitrogen and oxygen atoms in total. The van der Waals surface area contributed by atoms with Gasteiger partial charge in [0.2, 0.25) is 0 Å². The normalized spacial score (nSPS) is 23.6. The third-order valence-corrected chi connectivity index (χ3v) is 16.9. The van der Waals surface area contributed by atoms with Crippen molar-refractivity contribution in [3.05, 3.63) is 0 Å². The van der Waals surface area contributed by atoms with Gasteiger partial charge in [0.25, 0.3) is 0 Å². The summed E-state index contributed by atoms with van der Waals surface area (Å²) in [6.45, 7) is 61.0. The van der Waals surface area contributed by atoms with Gasteiger partial charge in [0.1, 0.15) is 18.3 Å². The van der Waals surface area contributed by atoms with Gasteiger partial charge >= 0.3 is 0 Å². The van der Waals surface area contributed by atoms with Gasteiger partial charge in [-0.3, -0.25) is 0 Å². The van der Waals surface area contributed by atoms with Crippen LogP contribution < -0.4 is 0 Å². The fourth-order valence-corrected chi connectivity index (χ4v) is 15.5. The zero-order chi connectivity index (χ0) is 46.6. The second kappa shape index (κ2) is 21.9. The molecule has 1 saturated heterocycles. The molecule has 0 aromatic heterocycles. The first kappa shape index (κ1) is 58.5. The van der Waals surface area contributed by atoms with Gasteiger partial charge < -0.3 is 49.3 Å². The van der Waals surface area contributed by atoms with Crippen LogP contribution in [0.25, 0.3) is 0 Å². The van der Waals surface area contributed by atoms with Crippen molar-refractivity contribution in [3.63, 3.8) is 0 Å². The molecule has 0 radical (unpaired) electrons. The Bertz CT molecular complexity index is 1240. The highest BCUT2D eigenvalue weighted by Crippen LogP contribution is 2.37. The van der Waals surface area contributed by atoms with Gasteiger partial charge in [-0.25, -0.2) is 0 Å². The summed E-state index contributed by atoms with van der Waals surface area (Å²) < 4.78 is 77.4. The Morgan fingerprint density at radius 3 is 1.03 bits per heavy atom. The first-order chi connectivity index (χ1) is 25.8. The van der Waals surface area contributed by atoms with E-state index in [0.717, 1.165) is 0 Å². The van der Waals surface area contributed by atoms with E-state index >= 15 is 0 Å². The minimum Gasteiger partial charge on any atom is -0.415 e. The Morgan fingerprint density at radius 1 is 0.356 bits per heavy atom. The summed E-state index contributed by atoms with van der Waals surface area (Å²) in [5.41, 5.74) is 0. The standard InChI is InChI=1S/C39H96O11Si9/c1-51(2,3)41-29-32(45-54(10,11)12)34-37(49-58(22,23)24)38(50-59(25,26)27)39(43-34)40-28-31(44-53(7,8)9)35(47-56(16,17)18)36(48-57(19,20)21)33(46-55(13,14)15)30-42-52(4,5)6/h31-39H,28-30H2,1-27H3. The first-order valence-electron chi connectivity index (χ1n) is 22.1. The van der Waals surface area contributed by atoms with Gasteiger partial charge in [0, 0.05) is 0 Å². The molecule has 1 aliphatic rings. The molecule has 20 heteroatoms. The maximum atomic E-state index is 7.30. The van der Waals surface area contributed by atoms with Crippen molar-refractivity contribution in [1.82, 2.24) is 0 Å². The average molecular weight is 994 g/mol.